The second-order valence-electron chi connectivity index (χ2n) is 4.02. The van der Waals surface area contributed by atoms with E-state index in [4.69, 9.17) is 0 Å². The van der Waals surface area contributed by atoms with Crippen LogP contribution in [0.1, 0.15) is 6.92 Å². The second kappa shape index (κ2) is 5.60. The van der Waals surface area contributed by atoms with Crippen LogP contribution in [0.15, 0.2) is 17.9 Å². The van der Waals surface area contributed by atoms with Gasteiger partial charge in [-0.15, -0.1) is 5.73 Å². The number of halogens is 13. The van der Waals surface area contributed by atoms with E-state index in [1.54, 1.807) is 0 Å². The summed E-state index contributed by atoms with van der Waals surface area (Å²) in [5, 5.41) is 0. The largest absolute Gasteiger partial charge is 0.460 e. The number of allylic oxidation sites excluding steroid dienone is 1. The molecule has 0 spiro atoms. The predicted octanol–water partition coefficient (Wildman–Crippen LogP) is 5.46. The van der Waals surface area contributed by atoms with Gasteiger partial charge in [-0.2, -0.15) is 57.1 Å². The van der Waals surface area contributed by atoms with Crippen molar-refractivity contribution in [2.45, 2.75) is 42.7 Å². The van der Waals surface area contributed by atoms with Gasteiger partial charge in [-0.25, -0.2) is 0 Å². The van der Waals surface area contributed by atoms with Gasteiger partial charge in [0.2, 0.25) is 0 Å². The van der Waals surface area contributed by atoms with Crippen molar-refractivity contribution in [1.82, 2.24) is 0 Å². The van der Waals surface area contributed by atoms with Gasteiger partial charge in [0.1, 0.15) is 0 Å². The first-order valence-corrected chi connectivity index (χ1v) is 5.15. The molecule has 0 aromatic heterocycles. The first-order chi connectivity index (χ1) is 9.81. The van der Waals surface area contributed by atoms with Crippen molar-refractivity contribution in [2.24, 2.45) is 0 Å². The highest BCUT2D eigenvalue weighted by Crippen LogP contribution is 2.60. The molecule has 23 heavy (non-hydrogen) atoms. The molecule has 0 bridgehead atoms. The zero-order chi connectivity index (χ0) is 19.1. The Morgan fingerprint density at radius 1 is 0.565 bits per heavy atom. The van der Waals surface area contributed by atoms with E-state index in [0.717, 1.165) is 12.7 Å². The maximum Gasteiger partial charge on any atom is 0.460 e. The van der Waals surface area contributed by atoms with Crippen LogP contribution in [0.5, 0.6) is 0 Å². The lowest BCUT2D eigenvalue weighted by atomic mass is 9.94. The standard InChI is InChI=1S/C10H5F13/c1-2-3-4-5(11,12)6(13,14)7(15,16)8(17,18)9(19,20)10(21,22)23/h2,4H,1H3. The molecule has 0 aromatic carbocycles. The molecule has 0 radical (unpaired) electrons. The lowest BCUT2D eigenvalue weighted by molar-refractivity contribution is -0.436. The number of hydrogen-bond donors (Lipinski definition) is 0. The average molecular weight is 372 g/mol. The summed E-state index contributed by atoms with van der Waals surface area (Å²) in [5.41, 5.74) is 1.12. The highest BCUT2D eigenvalue weighted by molar-refractivity contribution is 5.14. The molecule has 0 atom stereocenters. The summed E-state index contributed by atoms with van der Waals surface area (Å²) in [6.07, 6.45) is -8.13. The van der Waals surface area contributed by atoms with Gasteiger partial charge in [0.25, 0.3) is 0 Å². The minimum Gasteiger partial charge on any atom is -0.194 e. The van der Waals surface area contributed by atoms with E-state index in [1.807, 2.05) is 0 Å². The van der Waals surface area contributed by atoms with Gasteiger partial charge in [-0.3, -0.25) is 0 Å². The molecule has 0 N–H and O–H groups in total. The Bertz CT molecular complexity index is 489. The molecular weight excluding hydrogens is 367 g/mol. The van der Waals surface area contributed by atoms with Gasteiger partial charge in [0.05, 0.1) is 0 Å². The Balaban J connectivity index is 6.30. The summed E-state index contributed by atoms with van der Waals surface area (Å²) in [5.74, 6) is -36.8. The van der Waals surface area contributed by atoms with Crippen LogP contribution in [0.2, 0.25) is 0 Å². The summed E-state index contributed by atoms with van der Waals surface area (Å²) in [6, 6.07) is 0. The Labute approximate surface area is 119 Å². The van der Waals surface area contributed by atoms with Gasteiger partial charge < -0.3 is 0 Å². The summed E-state index contributed by atoms with van der Waals surface area (Å²) >= 11 is 0. The van der Waals surface area contributed by atoms with Crippen molar-refractivity contribution in [3.8, 4) is 0 Å². The lowest BCUT2D eigenvalue weighted by Gasteiger charge is -2.38. The van der Waals surface area contributed by atoms with Gasteiger partial charge >= 0.3 is 35.8 Å². The van der Waals surface area contributed by atoms with Crippen molar-refractivity contribution in [3.63, 3.8) is 0 Å². The summed E-state index contributed by atoms with van der Waals surface area (Å²) < 4.78 is 163. The highest BCUT2D eigenvalue weighted by atomic mass is 19.4. The fourth-order valence-electron chi connectivity index (χ4n) is 1.06. The lowest BCUT2D eigenvalue weighted by Crippen LogP contribution is -2.69. The van der Waals surface area contributed by atoms with E-state index in [-0.39, 0.29) is 0 Å². The smallest absolute Gasteiger partial charge is 0.194 e. The van der Waals surface area contributed by atoms with Crippen LogP contribution in [-0.4, -0.2) is 35.8 Å². The molecule has 0 rings (SSSR count). The SMILES string of the molecule is CC=C=CC(F)(F)C(F)(F)C(F)(F)C(F)(F)C(F)(F)C(F)(F)F. The zero-order valence-corrected chi connectivity index (χ0v) is 10.6. The van der Waals surface area contributed by atoms with Crippen LogP contribution in [0.25, 0.3) is 0 Å². The summed E-state index contributed by atoms with van der Waals surface area (Å²) in [6.45, 7) is 0.856. The van der Waals surface area contributed by atoms with Gasteiger partial charge in [-0.05, 0) is 13.0 Å². The van der Waals surface area contributed by atoms with Gasteiger partial charge in [0, 0.05) is 6.08 Å². The van der Waals surface area contributed by atoms with E-state index >= 15 is 0 Å². The van der Waals surface area contributed by atoms with Gasteiger partial charge in [0.15, 0.2) is 0 Å². The molecule has 0 nitrogen and oxygen atoms in total. The minimum absolute atomic E-state index is 0.435. The topological polar surface area (TPSA) is 0 Å². The summed E-state index contributed by atoms with van der Waals surface area (Å²) in [7, 11) is 0. The van der Waals surface area contributed by atoms with Crippen LogP contribution >= 0.6 is 0 Å². The van der Waals surface area contributed by atoms with Crippen molar-refractivity contribution in [3.05, 3.63) is 17.9 Å². The van der Waals surface area contributed by atoms with E-state index in [0.29, 0.717) is 6.08 Å². The van der Waals surface area contributed by atoms with Crippen LogP contribution in [0, 0.1) is 0 Å². The molecule has 0 saturated carbocycles. The van der Waals surface area contributed by atoms with Crippen molar-refractivity contribution in [1.29, 1.82) is 0 Å². The third-order valence-electron chi connectivity index (χ3n) is 2.39. The fourth-order valence-corrected chi connectivity index (χ4v) is 1.06. The molecule has 0 aliphatic rings. The molecule has 13 heteroatoms. The highest BCUT2D eigenvalue weighted by Gasteiger charge is 2.90. The predicted molar refractivity (Wildman–Crippen MR) is 49.1 cm³/mol. The Kier molecular flexibility index (Phi) is 5.26. The first kappa shape index (κ1) is 21.6. The molecule has 136 valence electrons. The number of hydrogen-bond acceptors (Lipinski definition) is 0. The van der Waals surface area contributed by atoms with Crippen molar-refractivity contribution in [2.75, 3.05) is 0 Å². The maximum atomic E-state index is 13.0. The van der Waals surface area contributed by atoms with Crippen LogP contribution < -0.4 is 0 Å². The van der Waals surface area contributed by atoms with Crippen molar-refractivity contribution < 1.29 is 57.1 Å². The minimum atomic E-state index is -7.87. The molecule has 0 heterocycles. The van der Waals surface area contributed by atoms with E-state index in [1.165, 1.54) is 0 Å². The maximum absolute atomic E-state index is 13.0. The molecule has 0 aliphatic carbocycles. The second-order valence-corrected chi connectivity index (χ2v) is 4.02. The van der Waals surface area contributed by atoms with Crippen LogP contribution in [0.3, 0.4) is 0 Å². The third-order valence-corrected chi connectivity index (χ3v) is 2.39. The van der Waals surface area contributed by atoms with Crippen LogP contribution in [-0.2, 0) is 0 Å². The third kappa shape index (κ3) is 3.02. The van der Waals surface area contributed by atoms with E-state index in [9.17, 15) is 57.1 Å². The molecule has 0 amide bonds. The molecule has 0 unspecified atom stereocenters. The quantitative estimate of drug-likeness (QED) is 0.444. The Morgan fingerprint density at radius 2 is 0.913 bits per heavy atom. The Hall–Kier alpha value is -1.39. The van der Waals surface area contributed by atoms with Crippen molar-refractivity contribution >= 4 is 0 Å². The normalized spacial score (nSPS) is 15.2. The average Bonchev–Trinajstić information content (AvgIpc) is 2.34. The first-order valence-electron chi connectivity index (χ1n) is 5.15. The number of rotatable bonds is 5. The number of alkyl halides is 13. The Morgan fingerprint density at radius 3 is 1.22 bits per heavy atom. The molecular formula is C10H5F13. The van der Waals surface area contributed by atoms with Gasteiger partial charge in [-0.1, -0.05) is 0 Å². The fraction of sp³-hybridized carbons (Fsp3) is 0.700. The molecule has 0 aromatic rings. The van der Waals surface area contributed by atoms with E-state index < -0.39 is 41.9 Å². The zero-order valence-electron chi connectivity index (χ0n) is 10.6. The molecule has 0 saturated heterocycles. The van der Waals surface area contributed by atoms with Crippen LogP contribution in [0.4, 0.5) is 57.1 Å². The monoisotopic (exact) mass is 372 g/mol. The summed E-state index contributed by atoms with van der Waals surface area (Å²) in [4.78, 5) is 0. The molecule has 0 fully saturated rings. The molecule has 0 aliphatic heterocycles. The van der Waals surface area contributed by atoms with E-state index in [2.05, 4.69) is 0 Å².